The topological polar surface area (TPSA) is 115 Å². The fourth-order valence-corrected chi connectivity index (χ4v) is 7.25. The van der Waals surface area contributed by atoms with E-state index in [1.165, 1.54) is 5.56 Å². The zero-order valence-electron chi connectivity index (χ0n) is 26.1. The molecule has 3 aromatic rings. The number of amides is 4. The van der Waals surface area contributed by atoms with Crippen LogP contribution in [-0.2, 0) is 15.0 Å². The first-order chi connectivity index (χ1) is 20.6. The molecule has 5 rings (SSSR count). The quantitative estimate of drug-likeness (QED) is 0.368. The maximum Gasteiger partial charge on any atom is 0.318 e. The molecule has 9 heteroatoms. The predicted molar refractivity (Wildman–Crippen MR) is 170 cm³/mol. The van der Waals surface area contributed by atoms with E-state index in [9.17, 15) is 14.4 Å². The summed E-state index contributed by atoms with van der Waals surface area (Å²) in [6.07, 6.45) is 4.27. The molecule has 43 heavy (non-hydrogen) atoms. The van der Waals surface area contributed by atoms with Gasteiger partial charge < -0.3 is 30.7 Å². The average molecular weight is 587 g/mol. The summed E-state index contributed by atoms with van der Waals surface area (Å²) >= 11 is 0. The normalized spacial score (nSPS) is 18.9. The van der Waals surface area contributed by atoms with Crippen LogP contribution < -0.4 is 11.1 Å². The lowest BCUT2D eigenvalue weighted by atomic mass is 9.73. The number of rotatable bonds is 8. The SMILES string of the molecule is CC(c1c[nH]c2ccccc12)C(NC(=O)N(CCN)C(C)C)C(=O)N1CCC2(CC1)C[C@@H](C(=O)N(C)C)c1ccccc12. The number of nitrogens with two attached hydrogens (primary N) is 1. The van der Waals surface area contributed by atoms with Gasteiger partial charge in [-0.05, 0) is 55.9 Å². The number of aromatic amines is 1. The van der Waals surface area contributed by atoms with Crippen LogP contribution in [0.15, 0.2) is 54.7 Å². The fourth-order valence-electron chi connectivity index (χ4n) is 7.25. The van der Waals surface area contributed by atoms with E-state index in [-0.39, 0.29) is 41.1 Å². The number of hydrogen-bond donors (Lipinski definition) is 3. The first-order valence-electron chi connectivity index (χ1n) is 15.5. The number of nitrogens with one attached hydrogen (secondary N) is 2. The Labute approximate surface area is 254 Å². The van der Waals surface area contributed by atoms with Gasteiger partial charge in [-0.2, -0.15) is 0 Å². The van der Waals surface area contributed by atoms with E-state index in [0.29, 0.717) is 26.2 Å². The lowest BCUT2D eigenvalue weighted by Crippen LogP contribution is -2.57. The zero-order chi connectivity index (χ0) is 30.9. The van der Waals surface area contributed by atoms with E-state index < -0.39 is 6.04 Å². The highest BCUT2D eigenvalue weighted by Gasteiger charge is 2.49. The monoisotopic (exact) mass is 586 g/mol. The van der Waals surface area contributed by atoms with Gasteiger partial charge in [0.25, 0.3) is 0 Å². The van der Waals surface area contributed by atoms with Crippen molar-refractivity contribution >= 4 is 28.7 Å². The second-order valence-corrected chi connectivity index (χ2v) is 12.8. The summed E-state index contributed by atoms with van der Waals surface area (Å²) in [7, 11) is 3.63. The zero-order valence-corrected chi connectivity index (χ0v) is 26.1. The minimum atomic E-state index is -0.751. The highest BCUT2D eigenvalue weighted by molar-refractivity contribution is 5.91. The molecular formula is C34H46N6O3. The Morgan fingerprint density at radius 3 is 2.40 bits per heavy atom. The molecule has 0 saturated carbocycles. The summed E-state index contributed by atoms with van der Waals surface area (Å²) < 4.78 is 0. The van der Waals surface area contributed by atoms with Crippen molar-refractivity contribution in [1.82, 2.24) is 25.0 Å². The van der Waals surface area contributed by atoms with Crippen molar-refractivity contribution in [3.63, 3.8) is 0 Å². The maximum atomic E-state index is 14.4. The number of para-hydroxylation sites is 1. The Morgan fingerprint density at radius 1 is 1.05 bits per heavy atom. The minimum absolute atomic E-state index is 0.0576. The predicted octanol–water partition coefficient (Wildman–Crippen LogP) is 4.15. The van der Waals surface area contributed by atoms with Crippen molar-refractivity contribution in [3.05, 3.63) is 71.4 Å². The average Bonchev–Trinajstić information content (AvgIpc) is 3.57. The number of aromatic nitrogens is 1. The summed E-state index contributed by atoms with van der Waals surface area (Å²) in [6, 6.07) is 15.2. The number of carbonyl (C=O) groups is 3. The maximum absolute atomic E-state index is 14.4. The van der Waals surface area contributed by atoms with Crippen LogP contribution in [0.5, 0.6) is 0 Å². The van der Waals surface area contributed by atoms with Crippen LogP contribution in [0.1, 0.15) is 68.6 Å². The Bertz CT molecular complexity index is 1470. The van der Waals surface area contributed by atoms with Gasteiger partial charge in [-0.15, -0.1) is 0 Å². The van der Waals surface area contributed by atoms with Crippen molar-refractivity contribution in [2.75, 3.05) is 40.3 Å². The third-order valence-corrected chi connectivity index (χ3v) is 9.68. The van der Waals surface area contributed by atoms with Crippen LogP contribution in [0.2, 0.25) is 0 Å². The first kappa shape index (κ1) is 30.6. The van der Waals surface area contributed by atoms with E-state index in [1.54, 1.807) is 9.80 Å². The van der Waals surface area contributed by atoms with E-state index in [2.05, 4.69) is 28.5 Å². The number of nitrogens with zero attached hydrogens (tertiary/aromatic N) is 3. The number of likely N-dealkylation sites (N-methyl/N-ethyl adjacent to an activating group) is 1. The molecule has 2 aromatic carbocycles. The molecule has 2 aliphatic rings. The van der Waals surface area contributed by atoms with Crippen LogP contribution >= 0.6 is 0 Å². The molecule has 230 valence electrons. The Hall–Kier alpha value is -3.85. The Balaban J connectivity index is 1.40. The third-order valence-electron chi connectivity index (χ3n) is 9.68. The number of hydrogen-bond acceptors (Lipinski definition) is 4. The number of H-pyrrole nitrogens is 1. The van der Waals surface area contributed by atoms with Gasteiger partial charge >= 0.3 is 6.03 Å². The molecule has 1 saturated heterocycles. The molecule has 1 spiro atoms. The van der Waals surface area contributed by atoms with Gasteiger partial charge in [-0.25, -0.2) is 4.79 Å². The fraction of sp³-hybridized carbons (Fsp3) is 0.500. The number of urea groups is 1. The van der Waals surface area contributed by atoms with Crippen molar-refractivity contribution in [2.24, 2.45) is 5.73 Å². The van der Waals surface area contributed by atoms with Gasteiger partial charge in [0.1, 0.15) is 6.04 Å². The summed E-state index contributed by atoms with van der Waals surface area (Å²) in [4.78, 5) is 49.7. The van der Waals surface area contributed by atoms with Gasteiger partial charge in [0.05, 0.1) is 5.92 Å². The Morgan fingerprint density at radius 2 is 1.72 bits per heavy atom. The van der Waals surface area contributed by atoms with Gasteiger partial charge in [-0.3, -0.25) is 9.59 Å². The molecule has 1 aliphatic carbocycles. The molecule has 4 amide bonds. The Kier molecular flexibility index (Phi) is 8.83. The molecule has 2 heterocycles. The third kappa shape index (κ3) is 5.75. The van der Waals surface area contributed by atoms with Crippen LogP contribution in [-0.4, -0.2) is 89.9 Å². The number of piperidine rings is 1. The van der Waals surface area contributed by atoms with E-state index in [4.69, 9.17) is 5.73 Å². The van der Waals surface area contributed by atoms with Crippen LogP contribution in [0, 0.1) is 0 Å². The summed E-state index contributed by atoms with van der Waals surface area (Å²) in [6.45, 7) is 7.80. The summed E-state index contributed by atoms with van der Waals surface area (Å²) in [5, 5.41) is 4.16. The second-order valence-electron chi connectivity index (χ2n) is 12.8. The molecule has 2 unspecified atom stereocenters. The van der Waals surface area contributed by atoms with Gasteiger partial charge in [0.2, 0.25) is 11.8 Å². The molecule has 9 nitrogen and oxygen atoms in total. The highest BCUT2D eigenvalue weighted by Crippen LogP contribution is 2.52. The van der Waals surface area contributed by atoms with E-state index >= 15 is 0 Å². The van der Waals surface area contributed by atoms with Gasteiger partial charge in [-0.1, -0.05) is 49.4 Å². The van der Waals surface area contributed by atoms with Crippen LogP contribution in [0.3, 0.4) is 0 Å². The molecule has 0 bridgehead atoms. The lowest BCUT2D eigenvalue weighted by molar-refractivity contribution is -0.136. The van der Waals surface area contributed by atoms with E-state index in [0.717, 1.165) is 41.3 Å². The second kappa shape index (κ2) is 12.4. The summed E-state index contributed by atoms with van der Waals surface area (Å²) in [5.74, 6) is -0.383. The smallest absolute Gasteiger partial charge is 0.318 e. The van der Waals surface area contributed by atoms with Crippen LogP contribution in [0.4, 0.5) is 4.79 Å². The number of fused-ring (bicyclic) bond motifs is 3. The molecule has 3 atom stereocenters. The standard InChI is InChI=1S/C34H46N6O3/c1-22(2)40(19-16-35)33(43)37-30(23(3)27-21-36-29-13-9-7-11-25(27)29)32(42)39-17-14-34(15-18-39)20-26(31(41)38(4)5)24-10-6-8-12-28(24)34/h6-13,21-23,26,30,36H,14-20,35H2,1-5H3,(H,37,43)/t23?,26-,30?/m1/s1. The van der Waals surface area contributed by atoms with Crippen molar-refractivity contribution in [3.8, 4) is 0 Å². The molecular weight excluding hydrogens is 540 g/mol. The molecule has 0 radical (unpaired) electrons. The lowest BCUT2D eigenvalue weighted by Gasteiger charge is -2.42. The summed E-state index contributed by atoms with van der Waals surface area (Å²) in [5.41, 5.74) is 10.0. The molecule has 1 fully saturated rings. The van der Waals surface area contributed by atoms with Crippen molar-refractivity contribution in [1.29, 1.82) is 0 Å². The van der Waals surface area contributed by atoms with Crippen molar-refractivity contribution in [2.45, 2.75) is 69.4 Å². The van der Waals surface area contributed by atoms with Crippen molar-refractivity contribution < 1.29 is 14.4 Å². The molecule has 1 aliphatic heterocycles. The largest absolute Gasteiger partial charge is 0.361 e. The van der Waals surface area contributed by atoms with Crippen LogP contribution in [0.25, 0.3) is 10.9 Å². The van der Waals surface area contributed by atoms with Gasteiger partial charge in [0.15, 0.2) is 0 Å². The number of carbonyl (C=O) groups excluding carboxylic acids is 3. The number of benzene rings is 2. The van der Waals surface area contributed by atoms with E-state index in [1.807, 2.05) is 76.3 Å². The molecule has 1 aromatic heterocycles. The first-order valence-corrected chi connectivity index (χ1v) is 15.5. The number of likely N-dealkylation sites (tertiary alicyclic amines) is 1. The van der Waals surface area contributed by atoms with Gasteiger partial charge in [0, 0.05) is 74.7 Å². The highest BCUT2D eigenvalue weighted by atomic mass is 16.2. The minimum Gasteiger partial charge on any atom is -0.361 e. The molecule has 4 N–H and O–H groups in total.